The molecule has 1 amide bonds. The molecule has 1 heterocycles. The van der Waals surface area contributed by atoms with Crippen LogP contribution in [0.5, 0.6) is 5.75 Å². The Bertz CT molecular complexity index is 1410. The van der Waals surface area contributed by atoms with E-state index in [1.54, 1.807) is 36.7 Å². The molecule has 2 atom stereocenters. The second-order valence-electron chi connectivity index (χ2n) is 9.25. The molecule has 1 saturated carbocycles. The van der Waals surface area contributed by atoms with Gasteiger partial charge in [0.1, 0.15) is 18.1 Å². The van der Waals surface area contributed by atoms with Crippen molar-refractivity contribution in [3.8, 4) is 5.75 Å². The van der Waals surface area contributed by atoms with E-state index in [0.29, 0.717) is 17.2 Å². The van der Waals surface area contributed by atoms with Crippen LogP contribution in [0.25, 0.3) is 10.9 Å². The molecule has 3 aromatic rings. The lowest BCUT2D eigenvalue weighted by Gasteiger charge is -2.17. The van der Waals surface area contributed by atoms with Crippen LogP contribution in [0.2, 0.25) is 0 Å². The summed E-state index contributed by atoms with van der Waals surface area (Å²) in [6.45, 7) is 1.61. The minimum atomic E-state index is -4.76. The standard InChI is InChI=1S/C26H23F5IN3O5/c1-2-39-23(37)24(12-18(24)22(36)35-38)11-14-3-5-15(6-4-14)13-40-20-10-21(25(27,28)29)33-19-8-7-16(9-17(19)20)34-26(30,31)32/h3-10,18,34,38H,2,11-13H2,1H3,(H,35,36)/t18-,24+/m1/s1. The molecule has 3 N–H and O–H groups in total. The molecule has 40 heavy (non-hydrogen) atoms. The summed E-state index contributed by atoms with van der Waals surface area (Å²) in [5.74, 6) is -2.16. The van der Waals surface area contributed by atoms with Gasteiger partial charge in [-0.05, 0) is 49.1 Å². The zero-order chi connectivity index (χ0) is 29.3. The lowest BCUT2D eigenvalue weighted by atomic mass is 9.93. The van der Waals surface area contributed by atoms with Gasteiger partial charge in [-0.2, -0.15) is 22.0 Å². The van der Waals surface area contributed by atoms with E-state index in [2.05, 4.69) is 4.98 Å². The molecule has 1 aromatic heterocycles. The van der Waals surface area contributed by atoms with Crippen LogP contribution >= 0.6 is 22.6 Å². The maximum atomic E-state index is 13.4. The third-order valence-corrected chi connectivity index (χ3v) is 6.74. The summed E-state index contributed by atoms with van der Waals surface area (Å²) in [6, 6.07) is 11.0. The number of hydroxylamine groups is 1. The fraction of sp³-hybridized carbons (Fsp3) is 0.346. The molecule has 214 valence electrons. The number of amides is 1. The van der Waals surface area contributed by atoms with E-state index in [1.807, 2.05) is 5.32 Å². The molecule has 14 heteroatoms. The summed E-state index contributed by atoms with van der Waals surface area (Å²) in [4.78, 5) is 28.1. The number of rotatable bonds is 10. The number of carbonyl (C=O) groups is 2. The van der Waals surface area contributed by atoms with Gasteiger partial charge in [0.25, 0.3) is 0 Å². The summed E-state index contributed by atoms with van der Waals surface area (Å²) in [7, 11) is 0. The van der Waals surface area contributed by atoms with Crippen molar-refractivity contribution in [1.82, 2.24) is 10.5 Å². The van der Waals surface area contributed by atoms with E-state index >= 15 is 0 Å². The van der Waals surface area contributed by atoms with Gasteiger partial charge in [-0.1, -0.05) is 24.3 Å². The van der Waals surface area contributed by atoms with Crippen LogP contribution in [0, 0.1) is 11.3 Å². The molecule has 2 aromatic carbocycles. The van der Waals surface area contributed by atoms with E-state index in [0.717, 1.165) is 22.6 Å². The van der Waals surface area contributed by atoms with Crippen molar-refractivity contribution in [1.29, 1.82) is 0 Å². The van der Waals surface area contributed by atoms with Crippen LogP contribution in [0.4, 0.5) is 27.6 Å². The fourth-order valence-electron chi connectivity index (χ4n) is 4.47. The zero-order valence-corrected chi connectivity index (χ0v) is 23.0. The van der Waals surface area contributed by atoms with Crippen LogP contribution in [-0.2, 0) is 33.5 Å². The molecule has 0 saturated heterocycles. The van der Waals surface area contributed by atoms with Gasteiger partial charge in [0.2, 0.25) is 5.91 Å². The van der Waals surface area contributed by atoms with E-state index in [-0.39, 0.29) is 48.4 Å². The second kappa shape index (κ2) is 11.3. The van der Waals surface area contributed by atoms with E-state index in [4.69, 9.17) is 14.7 Å². The quantitative estimate of drug-likeness (QED) is 0.0470. The van der Waals surface area contributed by atoms with Crippen molar-refractivity contribution < 1.29 is 46.2 Å². The van der Waals surface area contributed by atoms with Gasteiger partial charge in [-0.25, -0.2) is 10.5 Å². The number of aromatic nitrogens is 1. The topological polar surface area (TPSA) is 110 Å². The Labute approximate surface area is 238 Å². The van der Waals surface area contributed by atoms with Gasteiger partial charge in [-0.15, -0.1) is 0 Å². The number of halogens is 6. The van der Waals surface area contributed by atoms with E-state index in [1.165, 1.54) is 18.2 Å². The lowest BCUT2D eigenvalue weighted by Crippen LogP contribution is -2.30. The summed E-state index contributed by atoms with van der Waals surface area (Å²) >= 11 is 0.884. The molecular weight excluding hydrogens is 656 g/mol. The van der Waals surface area contributed by atoms with Crippen molar-refractivity contribution in [3.63, 3.8) is 0 Å². The third kappa shape index (κ3) is 6.71. The van der Waals surface area contributed by atoms with Gasteiger partial charge in [0.05, 0.1) is 23.5 Å². The van der Waals surface area contributed by atoms with Crippen molar-refractivity contribution in [3.05, 3.63) is 65.4 Å². The number of nitrogens with one attached hydrogen (secondary N) is 2. The van der Waals surface area contributed by atoms with Crippen molar-refractivity contribution in [2.75, 3.05) is 11.9 Å². The predicted octanol–water partition coefficient (Wildman–Crippen LogP) is 5.85. The molecule has 0 aliphatic heterocycles. The van der Waals surface area contributed by atoms with Gasteiger partial charge >= 0.3 is 16.2 Å². The highest BCUT2D eigenvalue weighted by molar-refractivity contribution is 14.1. The average Bonchev–Trinajstić information content (AvgIpc) is 3.61. The highest BCUT2D eigenvalue weighted by Gasteiger charge is 2.64. The monoisotopic (exact) mass is 679 g/mol. The molecule has 0 unspecified atom stereocenters. The van der Waals surface area contributed by atoms with Crippen LogP contribution in [-0.4, -0.2) is 32.7 Å². The predicted molar refractivity (Wildman–Crippen MR) is 141 cm³/mol. The van der Waals surface area contributed by atoms with E-state index in [9.17, 15) is 31.5 Å². The Balaban J connectivity index is 1.55. The highest BCUT2D eigenvalue weighted by atomic mass is 127. The van der Waals surface area contributed by atoms with Gasteiger partial charge in [0.15, 0.2) is 0 Å². The first kappa shape index (κ1) is 29.7. The summed E-state index contributed by atoms with van der Waals surface area (Å²) in [5.41, 5.74) is 0.405. The van der Waals surface area contributed by atoms with Crippen LogP contribution in [0.3, 0.4) is 0 Å². The first-order valence-corrected chi connectivity index (χ1v) is 13.0. The average molecular weight is 679 g/mol. The Morgan fingerprint density at radius 2 is 1.77 bits per heavy atom. The number of ether oxygens (including phenoxy) is 2. The minimum absolute atomic E-state index is 0.0357. The molecule has 0 spiro atoms. The van der Waals surface area contributed by atoms with Gasteiger partial charge in [0, 0.05) is 39.7 Å². The molecule has 0 bridgehead atoms. The third-order valence-electron chi connectivity index (χ3n) is 6.47. The number of fused-ring (bicyclic) bond motifs is 1. The molecule has 8 nitrogen and oxygen atoms in total. The van der Waals surface area contributed by atoms with Crippen LogP contribution < -0.4 is 15.5 Å². The van der Waals surface area contributed by atoms with E-state index < -0.39 is 39.1 Å². The Morgan fingerprint density at radius 1 is 1.10 bits per heavy atom. The molecule has 1 fully saturated rings. The Hall–Kier alpha value is -3.27. The number of carbonyl (C=O) groups excluding carboxylic acids is 2. The number of hydrogen-bond donors (Lipinski definition) is 3. The first-order valence-electron chi connectivity index (χ1n) is 11.9. The first-order chi connectivity index (χ1) is 18.8. The highest BCUT2D eigenvalue weighted by Crippen LogP contribution is 2.56. The van der Waals surface area contributed by atoms with Crippen molar-refractivity contribution in [2.45, 2.75) is 36.6 Å². The SMILES string of the molecule is CCOC(=O)[C@@]1(Cc2ccc(COc3cc(C(F)(F)F)nc4ccc(NC(F)(F)I)cc34)cc2)C[C@@H]1C(=O)NO. The number of hydrogen-bond acceptors (Lipinski definition) is 7. The summed E-state index contributed by atoms with van der Waals surface area (Å²) in [5, 5.41) is 11.0. The molecule has 1 aliphatic carbocycles. The molecule has 0 radical (unpaired) electrons. The second-order valence-corrected chi connectivity index (χ2v) is 10.6. The van der Waals surface area contributed by atoms with Crippen molar-refractivity contribution in [2.24, 2.45) is 11.3 Å². The molecule has 4 rings (SSSR count). The zero-order valence-electron chi connectivity index (χ0n) is 20.8. The molecule has 1 aliphatic rings. The fourth-order valence-corrected chi connectivity index (χ4v) is 4.79. The summed E-state index contributed by atoms with van der Waals surface area (Å²) < 4.78 is 74.7. The van der Waals surface area contributed by atoms with Gasteiger partial charge in [-0.3, -0.25) is 14.8 Å². The van der Waals surface area contributed by atoms with Crippen molar-refractivity contribution >= 4 is 51.1 Å². The number of alkyl halides is 6. The summed E-state index contributed by atoms with van der Waals surface area (Å²) in [6.07, 6.45) is -4.38. The maximum Gasteiger partial charge on any atom is 0.433 e. The number of benzene rings is 2. The number of pyridine rings is 1. The maximum absolute atomic E-state index is 13.4. The smallest absolute Gasteiger partial charge is 0.433 e. The van der Waals surface area contributed by atoms with Crippen LogP contribution in [0.15, 0.2) is 48.5 Å². The number of anilines is 1. The Morgan fingerprint density at radius 3 is 2.38 bits per heavy atom. The number of nitrogens with zero attached hydrogens (tertiary/aromatic N) is 1. The largest absolute Gasteiger partial charge is 0.488 e. The number of esters is 1. The minimum Gasteiger partial charge on any atom is -0.488 e. The Kier molecular flexibility index (Phi) is 8.40. The van der Waals surface area contributed by atoms with Crippen LogP contribution in [0.1, 0.15) is 30.2 Å². The molecular formula is C26H23F5IN3O5. The van der Waals surface area contributed by atoms with Gasteiger partial charge < -0.3 is 14.8 Å². The normalized spacial score (nSPS) is 18.8. The lowest BCUT2D eigenvalue weighted by molar-refractivity contribution is -0.152.